The van der Waals surface area contributed by atoms with Crippen LogP contribution >= 0.6 is 0 Å². The molecule has 0 N–H and O–H groups in total. The van der Waals surface area contributed by atoms with Crippen molar-refractivity contribution in [3.05, 3.63) is 0 Å². The Morgan fingerprint density at radius 1 is 0.667 bits per heavy atom. The van der Waals surface area contributed by atoms with Crippen LogP contribution in [0, 0.1) is 151 Å². The maximum atomic E-state index is 2.12. The molecular weight excluding hydrogens is 220 g/mol. The molecule has 0 atom stereocenters. The average molecular weight is 234 g/mol. The summed E-state index contributed by atoms with van der Waals surface area (Å²) in [5.74, 6) is 0. The normalized spacial score (nSPS) is 2.67. The van der Waals surface area contributed by atoms with Gasteiger partial charge >= 0.3 is 0 Å². The van der Waals surface area contributed by atoms with Gasteiger partial charge < -0.3 is 0 Å². The Morgan fingerprint density at radius 2 is 0.667 bits per heavy atom. The first-order valence-corrected chi connectivity index (χ1v) is 2.41. The van der Waals surface area contributed by atoms with Crippen LogP contribution in [0.2, 0.25) is 0 Å². The van der Waals surface area contributed by atoms with Crippen molar-refractivity contribution >= 4 is 0 Å². The molecule has 9 heavy (non-hydrogen) atoms. The molecule has 0 aromatic rings. The molecule has 0 aliphatic carbocycles. The van der Waals surface area contributed by atoms with Crippen molar-refractivity contribution < 1.29 is 151 Å². The second-order valence-electron chi connectivity index (χ2n) is 0.707. The van der Waals surface area contributed by atoms with Gasteiger partial charge in [0.1, 0.15) is 0 Å². The van der Waals surface area contributed by atoms with Gasteiger partial charge in [-0.3, -0.25) is 0 Å². The van der Waals surface area contributed by atoms with Gasteiger partial charge in [0.15, 0.2) is 0 Å². The third-order valence-corrected chi connectivity index (χ3v) is 0. The molecule has 0 saturated heterocycles. The summed E-state index contributed by atoms with van der Waals surface area (Å²) in [6.07, 6.45) is 1.25. The molecule has 0 radical (unpaired) electrons. The largest absolute Gasteiger partial charge is 0.0683 e. The molecule has 4 heteroatoms. The van der Waals surface area contributed by atoms with Crippen molar-refractivity contribution in [2.75, 3.05) is 0 Å². The van der Waals surface area contributed by atoms with Gasteiger partial charge in [0.2, 0.25) is 0 Å². The van der Waals surface area contributed by atoms with Gasteiger partial charge in [-0.1, -0.05) is 34.1 Å². The Bertz CT molecular complexity index is 8.92. The van der Waals surface area contributed by atoms with E-state index in [2.05, 4.69) is 13.8 Å². The monoisotopic (exact) mass is 234 g/mol. The SMILES string of the molecule is CC.CCC.[Ar].[Ar].[Ar].[Ar]. The summed E-state index contributed by atoms with van der Waals surface area (Å²) in [6.45, 7) is 8.25. The molecule has 0 spiro atoms. The summed E-state index contributed by atoms with van der Waals surface area (Å²) in [5.41, 5.74) is 0. The van der Waals surface area contributed by atoms with E-state index in [4.69, 9.17) is 0 Å². The van der Waals surface area contributed by atoms with E-state index >= 15 is 0 Å². The number of rotatable bonds is 0. The van der Waals surface area contributed by atoms with E-state index in [0.29, 0.717) is 0 Å². The molecule has 0 aliphatic rings. The van der Waals surface area contributed by atoms with E-state index in [1.807, 2.05) is 13.8 Å². The van der Waals surface area contributed by atoms with Gasteiger partial charge in [0.25, 0.3) is 0 Å². The molecule has 0 aliphatic heterocycles. The Labute approximate surface area is 180 Å². The molecule has 0 amide bonds. The smallest absolute Gasteiger partial charge is 0 e. The van der Waals surface area contributed by atoms with Gasteiger partial charge in [-0.25, -0.2) is 0 Å². The molecule has 0 aromatic heterocycles. The van der Waals surface area contributed by atoms with Gasteiger partial charge in [-0.2, -0.15) is 0 Å². The van der Waals surface area contributed by atoms with Crippen molar-refractivity contribution in [2.24, 2.45) is 0 Å². The van der Waals surface area contributed by atoms with Crippen molar-refractivity contribution in [1.29, 1.82) is 0 Å². The summed E-state index contributed by atoms with van der Waals surface area (Å²) in [6, 6.07) is 0. The van der Waals surface area contributed by atoms with E-state index in [-0.39, 0.29) is 151 Å². The Hall–Kier alpha value is 5.04. The summed E-state index contributed by atoms with van der Waals surface area (Å²) in [4.78, 5) is 0. The molecule has 0 saturated carbocycles. The van der Waals surface area contributed by atoms with Crippen molar-refractivity contribution in [3.63, 3.8) is 0 Å². The third-order valence-electron chi connectivity index (χ3n) is 0. The molecule has 0 nitrogen and oxygen atoms in total. The second kappa shape index (κ2) is 51.8. The van der Waals surface area contributed by atoms with E-state index in [1.54, 1.807) is 0 Å². The summed E-state index contributed by atoms with van der Waals surface area (Å²) in [7, 11) is 0. The molecule has 66 valence electrons. The van der Waals surface area contributed by atoms with E-state index in [0.717, 1.165) is 0 Å². The zero-order valence-electron chi connectivity index (χ0n) is 6.12. The van der Waals surface area contributed by atoms with Crippen LogP contribution in [0.4, 0.5) is 0 Å². The van der Waals surface area contributed by atoms with Crippen LogP contribution in [0.15, 0.2) is 0 Å². The van der Waals surface area contributed by atoms with Gasteiger partial charge in [0, 0.05) is 151 Å². The second-order valence-corrected chi connectivity index (χ2v) is 0.707. The van der Waals surface area contributed by atoms with E-state index in [1.165, 1.54) is 6.42 Å². The van der Waals surface area contributed by atoms with Gasteiger partial charge in [-0.05, 0) is 0 Å². The third kappa shape index (κ3) is 62.6. The first-order valence-electron chi connectivity index (χ1n) is 2.41. The molecular formula is C5H14Ar4. The van der Waals surface area contributed by atoms with Crippen LogP contribution < -0.4 is 0 Å². The quantitative estimate of drug-likeness (QED) is 0.603. The van der Waals surface area contributed by atoms with Crippen LogP contribution in [0.1, 0.15) is 34.1 Å². The Morgan fingerprint density at radius 3 is 0.667 bits per heavy atom. The van der Waals surface area contributed by atoms with E-state index in [9.17, 15) is 0 Å². The fraction of sp³-hybridized carbons (Fsp3) is 1.00. The molecule has 0 unspecified atom stereocenters. The van der Waals surface area contributed by atoms with Crippen LogP contribution in [0.3, 0.4) is 0 Å². The van der Waals surface area contributed by atoms with E-state index < -0.39 is 0 Å². The molecule has 0 bridgehead atoms. The maximum Gasteiger partial charge on any atom is 0 e. The molecule has 0 fully saturated rings. The fourth-order valence-corrected chi connectivity index (χ4v) is 0. The first kappa shape index (κ1) is 36.9. The van der Waals surface area contributed by atoms with Crippen molar-refractivity contribution in [1.82, 2.24) is 0 Å². The van der Waals surface area contributed by atoms with Gasteiger partial charge in [-0.15, -0.1) is 0 Å². The molecule has 0 rings (SSSR count). The fourth-order valence-electron chi connectivity index (χ4n) is 0. The summed E-state index contributed by atoms with van der Waals surface area (Å²) >= 11 is 0. The minimum absolute atomic E-state index is 0. The summed E-state index contributed by atoms with van der Waals surface area (Å²) in [5, 5.41) is 0. The molecule has 0 heterocycles. The first-order chi connectivity index (χ1) is 2.41. The minimum atomic E-state index is 0. The van der Waals surface area contributed by atoms with Crippen LogP contribution in [0.25, 0.3) is 0 Å². The minimum Gasteiger partial charge on any atom is -0.0683 e. The topological polar surface area (TPSA) is 0 Å². The summed E-state index contributed by atoms with van der Waals surface area (Å²) < 4.78 is 0. The van der Waals surface area contributed by atoms with Gasteiger partial charge in [0.05, 0.1) is 0 Å². The Balaban J connectivity index is -0.00000000357. The Kier molecular flexibility index (Phi) is 213. The predicted octanol–water partition coefficient (Wildman–Crippen LogP) is 2.44. The number of hydrogen-bond donors (Lipinski definition) is 0. The zero-order valence-corrected chi connectivity index (χ0v) is 8.95. The van der Waals surface area contributed by atoms with Crippen molar-refractivity contribution in [3.8, 4) is 0 Å². The molecule has 0 aromatic carbocycles. The van der Waals surface area contributed by atoms with Crippen LogP contribution in [-0.4, -0.2) is 0 Å². The average Bonchev–Trinajstić information content (AvgIpc) is 1.46. The maximum absolute atomic E-state index is 2.12. The van der Waals surface area contributed by atoms with Crippen LogP contribution in [0.5, 0.6) is 0 Å². The predicted molar refractivity (Wildman–Crippen MR) is 27.3 cm³/mol. The van der Waals surface area contributed by atoms with Crippen molar-refractivity contribution in [2.45, 2.75) is 34.1 Å². The zero-order chi connectivity index (χ0) is 4.71. The standard InChI is InChI=1S/C3H8.C2H6.4Ar/c1-3-2;1-2;;;;/h3H2,1-2H3;1-2H3;;;;. The number of hydrogen-bond acceptors (Lipinski definition) is 0. The van der Waals surface area contributed by atoms with Crippen LogP contribution in [-0.2, 0) is 0 Å².